The number of anilines is 1. The quantitative estimate of drug-likeness (QED) is 0.406. The Hall–Kier alpha value is -3.92. The van der Waals surface area contributed by atoms with Crippen molar-refractivity contribution in [3.63, 3.8) is 0 Å². The summed E-state index contributed by atoms with van der Waals surface area (Å²) in [5.41, 5.74) is 4.69. The van der Waals surface area contributed by atoms with Gasteiger partial charge in [-0.15, -0.1) is 0 Å². The minimum absolute atomic E-state index is 0.147. The van der Waals surface area contributed by atoms with E-state index in [0.29, 0.717) is 28.2 Å². The largest absolute Gasteiger partial charge is 0.436 e. The monoisotopic (exact) mass is 378 g/mol. The summed E-state index contributed by atoms with van der Waals surface area (Å²) < 4.78 is 6.00. The lowest BCUT2D eigenvalue weighted by molar-refractivity contribution is 0.102. The summed E-state index contributed by atoms with van der Waals surface area (Å²) in [6.07, 6.45) is 0. The van der Waals surface area contributed by atoms with Crippen molar-refractivity contribution < 1.29 is 9.21 Å². The zero-order valence-corrected chi connectivity index (χ0v) is 15.8. The van der Waals surface area contributed by atoms with E-state index in [9.17, 15) is 4.79 Å². The van der Waals surface area contributed by atoms with Gasteiger partial charge in [0.1, 0.15) is 5.52 Å². The van der Waals surface area contributed by atoms with E-state index < -0.39 is 0 Å². The molecule has 4 aromatic carbocycles. The van der Waals surface area contributed by atoms with Crippen LogP contribution in [0.5, 0.6) is 0 Å². The zero-order valence-electron chi connectivity index (χ0n) is 15.8. The molecule has 0 fully saturated rings. The maximum atomic E-state index is 12.5. The van der Waals surface area contributed by atoms with E-state index in [1.54, 1.807) is 6.07 Å². The van der Waals surface area contributed by atoms with Gasteiger partial charge >= 0.3 is 0 Å². The molecule has 0 aliphatic carbocycles. The van der Waals surface area contributed by atoms with Gasteiger partial charge < -0.3 is 9.73 Å². The Morgan fingerprint density at radius 3 is 2.62 bits per heavy atom. The normalized spacial score (nSPS) is 11.1. The van der Waals surface area contributed by atoms with Crippen molar-refractivity contribution in [1.82, 2.24) is 4.98 Å². The van der Waals surface area contributed by atoms with E-state index in [0.717, 1.165) is 21.9 Å². The first-order valence-corrected chi connectivity index (χ1v) is 9.44. The molecule has 1 N–H and O–H groups in total. The highest BCUT2D eigenvalue weighted by molar-refractivity contribution is 6.05. The second-order valence-electron chi connectivity index (χ2n) is 7.05. The number of carbonyl (C=O) groups excluding carboxylic acids is 1. The number of rotatable bonds is 3. The minimum Gasteiger partial charge on any atom is -0.436 e. The highest BCUT2D eigenvalue weighted by Crippen LogP contribution is 2.31. The van der Waals surface area contributed by atoms with Crippen molar-refractivity contribution in [3.05, 3.63) is 96.1 Å². The average molecular weight is 378 g/mol. The van der Waals surface area contributed by atoms with Crippen LogP contribution in [0.25, 0.3) is 33.3 Å². The first-order valence-electron chi connectivity index (χ1n) is 9.44. The van der Waals surface area contributed by atoms with Crippen LogP contribution < -0.4 is 5.32 Å². The summed E-state index contributed by atoms with van der Waals surface area (Å²) in [6.45, 7) is 1.97. The van der Waals surface area contributed by atoms with Gasteiger partial charge in [0, 0.05) is 16.8 Å². The predicted molar refractivity (Wildman–Crippen MR) is 116 cm³/mol. The summed E-state index contributed by atoms with van der Waals surface area (Å²) in [7, 11) is 0. The van der Waals surface area contributed by atoms with E-state index in [1.165, 1.54) is 0 Å². The van der Waals surface area contributed by atoms with Crippen molar-refractivity contribution >= 4 is 33.5 Å². The Balaban J connectivity index is 1.50. The molecule has 0 radical (unpaired) electrons. The second kappa shape index (κ2) is 6.91. The van der Waals surface area contributed by atoms with E-state index in [2.05, 4.69) is 28.5 Å². The minimum atomic E-state index is -0.147. The highest BCUT2D eigenvalue weighted by Gasteiger charge is 2.13. The lowest BCUT2D eigenvalue weighted by atomic mass is 10.0. The van der Waals surface area contributed by atoms with Crippen LogP contribution in [0.15, 0.2) is 89.3 Å². The fourth-order valence-electron chi connectivity index (χ4n) is 3.52. The third-order valence-corrected chi connectivity index (χ3v) is 4.95. The molecule has 0 aliphatic heterocycles. The van der Waals surface area contributed by atoms with E-state index in [4.69, 9.17) is 4.42 Å². The number of hydrogen-bond donors (Lipinski definition) is 1. The molecule has 4 heteroatoms. The van der Waals surface area contributed by atoms with Gasteiger partial charge in [0.05, 0.1) is 0 Å². The average Bonchev–Trinajstić information content (AvgIpc) is 3.16. The number of nitrogens with one attached hydrogen (secondary N) is 1. The fourth-order valence-corrected chi connectivity index (χ4v) is 3.52. The number of amides is 1. The van der Waals surface area contributed by atoms with Crippen molar-refractivity contribution in [2.75, 3.05) is 5.32 Å². The molecule has 0 spiro atoms. The van der Waals surface area contributed by atoms with Gasteiger partial charge in [0.2, 0.25) is 5.89 Å². The molecular weight excluding hydrogens is 360 g/mol. The summed E-state index contributed by atoms with van der Waals surface area (Å²) >= 11 is 0. The van der Waals surface area contributed by atoms with Crippen LogP contribution >= 0.6 is 0 Å². The first-order chi connectivity index (χ1) is 14.2. The van der Waals surface area contributed by atoms with Crippen molar-refractivity contribution in [1.29, 1.82) is 0 Å². The molecule has 1 heterocycles. The lowest BCUT2D eigenvalue weighted by Crippen LogP contribution is -2.11. The molecule has 5 aromatic rings. The topological polar surface area (TPSA) is 55.1 Å². The summed E-state index contributed by atoms with van der Waals surface area (Å²) in [4.78, 5) is 17.2. The number of fused-ring (bicyclic) bond motifs is 2. The number of aryl methyl sites for hydroxylation is 1. The zero-order chi connectivity index (χ0) is 19.8. The van der Waals surface area contributed by atoms with Gasteiger partial charge in [-0.25, -0.2) is 4.98 Å². The Morgan fingerprint density at radius 1 is 0.897 bits per heavy atom. The molecule has 1 aromatic heterocycles. The van der Waals surface area contributed by atoms with Gasteiger partial charge in [-0.2, -0.15) is 0 Å². The van der Waals surface area contributed by atoms with Crippen LogP contribution in [0.1, 0.15) is 15.9 Å². The molecule has 1 amide bonds. The Kier molecular flexibility index (Phi) is 4.10. The number of nitrogens with zero attached hydrogens (tertiary/aromatic N) is 1. The molecule has 0 saturated heterocycles. The number of oxazole rings is 1. The lowest BCUT2D eigenvalue weighted by Gasteiger charge is -2.05. The standard InChI is InChI=1S/C25H18N2O2/c1-16-6-4-9-18(14-16)24(28)26-19-12-13-23-22(15-19)27-25(29-23)21-11-5-8-17-7-2-3-10-20(17)21/h2-15H,1H3,(H,26,28). The van der Waals surface area contributed by atoms with Crippen molar-refractivity contribution in [2.45, 2.75) is 6.92 Å². The van der Waals surface area contributed by atoms with E-state index in [-0.39, 0.29) is 5.91 Å². The molecule has 0 aliphatic rings. The maximum absolute atomic E-state index is 12.5. The second-order valence-corrected chi connectivity index (χ2v) is 7.05. The number of benzene rings is 4. The predicted octanol–water partition coefficient (Wildman–Crippen LogP) is 6.21. The number of aromatic nitrogens is 1. The maximum Gasteiger partial charge on any atom is 0.255 e. The number of hydrogen-bond acceptors (Lipinski definition) is 3. The van der Waals surface area contributed by atoms with Gasteiger partial charge in [0.25, 0.3) is 5.91 Å². The molecule has 0 atom stereocenters. The molecule has 0 unspecified atom stereocenters. The van der Waals surface area contributed by atoms with Crippen molar-refractivity contribution in [3.8, 4) is 11.5 Å². The molecule has 0 saturated carbocycles. The first kappa shape index (κ1) is 17.2. The SMILES string of the molecule is Cc1cccc(C(=O)Nc2ccc3oc(-c4cccc5ccccc45)nc3c2)c1. The van der Waals surface area contributed by atoms with E-state index in [1.807, 2.05) is 67.6 Å². The van der Waals surface area contributed by atoms with Crippen LogP contribution in [0.2, 0.25) is 0 Å². The van der Waals surface area contributed by atoms with Crippen molar-refractivity contribution in [2.24, 2.45) is 0 Å². The van der Waals surface area contributed by atoms with Gasteiger partial charge in [-0.05, 0) is 54.1 Å². The third kappa shape index (κ3) is 3.25. The molecular formula is C25H18N2O2. The molecule has 4 nitrogen and oxygen atoms in total. The van der Waals surface area contributed by atoms with Crippen LogP contribution in [0.4, 0.5) is 5.69 Å². The third-order valence-electron chi connectivity index (χ3n) is 4.95. The Bertz CT molecular complexity index is 1360. The highest BCUT2D eigenvalue weighted by atomic mass is 16.3. The smallest absolute Gasteiger partial charge is 0.255 e. The molecule has 5 rings (SSSR count). The summed E-state index contributed by atoms with van der Waals surface area (Å²) in [5.74, 6) is 0.421. The Labute approximate surface area is 167 Å². The molecule has 29 heavy (non-hydrogen) atoms. The van der Waals surface area contributed by atoms with Gasteiger partial charge in [0.15, 0.2) is 5.58 Å². The van der Waals surface area contributed by atoms with Gasteiger partial charge in [-0.1, -0.05) is 54.1 Å². The van der Waals surface area contributed by atoms with Gasteiger partial charge in [-0.3, -0.25) is 4.79 Å². The number of carbonyl (C=O) groups is 1. The summed E-state index contributed by atoms with van der Waals surface area (Å²) in [6, 6.07) is 27.2. The van der Waals surface area contributed by atoms with E-state index >= 15 is 0 Å². The summed E-state index contributed by atoms with van der Waals surface area (Å²) in [5, 5.41) is 5.17. The van der Waals surface area contributed by atoms with Crippen LogP contribution in [0, 0.1) is 6.92 Å². The fraction of sp³-hybridized carbons (Fsp3) is 0.0400. The Morgan fingerprint density at radius 2 is 1.72 bits per heavy atom. The molecule has 0 bridgehead atoms. The molecule has 140 valence electrons. The van der Waals surface area contributed by atoms with Crippen LogP contribution in [-0.2, 0) is 0 Å². The van der Waals surface area contributed by atoms with Crippen LogP contribution in [-0.4, -0.2) is 10.9 Å². The van der Waals surface area contributed by atoms with Crippen LogP contribution in [0.3, 0.4) is 0 Å².